The molecule has 9 rings (SSSR count). The van der Waals surface area contributed by atoms with Crippen molar-refractivity contribution in [3.8, 4) is 0 Å². The number of aliphatic hydroxyl groups excluding tert-OH is 1. The second-order valence-electron chi connectivity index (χ2n) is 21.3. The van der Waals surface area contributed by atoms with Crippen LogP contribution >= 0.6 is 58.0 Å². The molecule has 4 aliphatic heterocycles. The molecule has 92 heavy (non-hydrogen) atoms. The molecule has 0 radical (unpaired) electrons. The van der Waals surface area contributed by atoms with Gasteiger partial charge in [-0.15, -0.1) is 0 Å². The summed E-state index contributed by atoms with van der Waals surface area (Å²) in [5, 5.41) is 29.6. The molecule has 30 heteroatoms. The largest absolute Gasteiger partial charge is 1.00 e. The van der Waals surface area contributed by atoms with Gasteiger partial charge in [0.1, 0.15) is 26.2 Å². The first-order valence-electron chi connectivity index (χ1n) is 29.4. The van der Waals surface area contributed by atoms with Crippen LogP contribution in [-0.4, -0.2) is 200 Å². The van der Waals surface area contributed by atoms with E-state index in [0.717, 1.165) is 107 Å². The summed E-state index contributed by atoms with van der Waals surface area (Å²) in [6.45, 7) is 12.8. The van der Waals surface area contributed by atoms with E-state index in [1.54, 1.807) is 38.2 Å². The number of carbonyl (C=O) groups is 5. The van der Waals surface area contributed by atoms with Crippen molar-refractivity contribution in [2.24, 2.45) is 5.73 Å². The molecular weight excluding hydrogens is 1530 g/mol. The number of ether oxygens (including phenoxy) is 3. The van der Waals surface area contributed by atoms with Gasteiger partial charge in [0.2, 0.25) is 0 Å². The van der Waals surface area contributed by atoms with E-state index in [4.69, 9.17) is 83.3 Å². The number of rotatable bonds is 15. The Kier molecular flexibility index (Phi) is 49.1. The number of aromatic nitrogens is 4. The molecule has 0 amide bonds. The standard InChI is InChI=1S/C14H20ClN3O2.C12H18ClN3O.C12H16ClN3O.C9H10O2.C8H7Cl2NO2.C6H14N2.CH2O3.2Cs.H/c1-3-20-14(19)11-9-16-13(15)8-12(11)17-10-4-6-18(2)7-5-10;2*1-16-4-2-10(3-5-16)15-11-6-12(13)14-7-9(11)8-17;1-11-9(10)7-8-5-3-2-4-6-8;1-2-13-8(12)5-4-11-7(10)3-6(5)9;1-8-4-2-6(7)3-5-8;2-1-4-3;;;/h8-10H,3-7H2,1-2H3,(H,16,17);6-7,10,17H,2-5,8H2,1H3,(H,14,15);6-8,10H,2-5H2,1H3,(H,14,15);2-6H,7H2,1H3;3-4H,2H2,1H3;6H,2-5,7H2,1H3;1,3H;;;/q;;;;;;;2*+1;-1/p-1. The van der Waals surface area contributed by atoms with Gasteiger partial charge in [0, 0.05) is 65.9 Å². The quantitative estimate of drug-likeness (QED) is 0.0251. The number of carbonyl (C=O) groups excluding carboxylic acids is 5. The van der Waals surface area contributed by atoms with E-state index >= 15 is 0 Å². The Labute approximate surface area is 685 Å². The van der Waals surface area contributed by atoms with Gasteiger partial charge >= 0.3 is 156 Å². The van der Waals surface area contributed by atoms with Crippen molar-refractivity contribution in [2.45, 2.75) is 102 Å². The molecule has 4 aromatic heterocycles. The number of halogens is 5. The number of anilines is 3. The Morgan fingerprint density at radius 2 is 0.989 bits per heavy atom. The third-order valence-corrected chi connectivity index (χ3v) is 15.4. The number of piperidine rings is 4. The van der Waals surface area contributed by atoms with E-state index in [-0.39, 0.29) is 180 Å². The summed E-state index contributed by atoms with van der Waals surface area (Å²) in [6, 6.07) is 17.8. The average molecular weight is 1620 g/mol. The van der Waals surface area contributed by atoms with Gasteiger partial charge in [0.15, 0.2) is 6.29 Å². The van der Waals surface area contributed by atoms with Crippen LogP contribution in [0.3, 0.4) is 0 Å². The maximum Gasteiger partial charge on any atom is 1.00 e. The second kappa shape index (κ2) is 51.3. The van der Waals surface area contributed by atoms with Crippen LogP contribution in [0, 0.1) is 0 Å². The number of likely N-dealkylation sites (tertiary alicyclic amines) is 4. The third kappa shape index (κ3) is 36.6. The number of nitrogens with zero attached hydrogens (tertiary/aromatic N) is 8. The fourth-order valence-corrected chi connectivity index (χ4v) is 9.96. The van der Waals surface area contributed by atoms with E-state index in [1.807, 2.05) is 30.3 Å². The predicted molar refractivity (Wildman–Crippen MR) is 353 cm³/mol. The molecule has 498 valence electrons. The van der Waals surface area contributed by atoms with Crippen molar-refractivity contribution in [2.75, 3.05) is 117 Å². The van der Waals surface area contributed by atoms with Crippen LogP contribution in [0.4, 0.5) is 17.1 Å². The van der Waals surface area contributed by atoms with Crippen LogP contribution in [0.2, 0.25) is 25.6 Å². The predicted octanol–water partition coefficient (Wildman–Crippen LogP) is 2.77. The number of benzene rings is 1. The first kappa shape index (κ1) is 88.1. The molecule has 8 heterocycles. The minimum atomic E-state index is -0.489. The first-order chi connectivity index (χ1) is 43.1. The van der Waals surface area contributed by atoms with Crippen LogP contribution in [0.5, 0.6) is 0 Å². The Morgan fingerprint density at radius 3 is 1.40 bits per heavy atom. The number of hydrogen-bond donors (Lipinski definition) is 5. The molecule has 5 aromatic rings. The molecule has 0 atom stereocenters. The summed E-state index contributed by atoms with van der Waals surface area (Å²) in [5.41, 5.74) is 11.1. The average Bonchev–Trinajstić information content (AvgIpc) is 1.79. The van der Waals surface area contributed by atoms with Gasteiger partial charge in [0.05, 0.1) is 55.2 Å². The smallest absolute Gasteiger partial charge is 1.00 e. The van der Waals surface area contributed by atoms with Gasteiger partial charge in [-0.25, -0.2) is 29.5 Å². The molecule has 23 nitrogen and oxygen atoms in total. The van der Waals surface area contributed by atoms with Crippen LogP contribution < -0.4 is 165 Å². The molecule has 0 spiro atoms. The van der Waals surface area contributed by atoms with Crippen LogP contribution in [0.25, 0.3) is 0 Å². The molecular formula is C62H87Cl5Cs2N12O11. The number of nitrogens with two attached hydrogens (primary N) is 1. The number of esters is 3. The number of aliphatic hydroxyl groups is 1. The Hall–Kier alpha value is -1.96. The zero-order chi connectivity index (χ0) is 66.4. The molecule has 0 unspecified atom stereocenters. The van der Waals surface area contributed by atoms with E-state index in [0.29, 0.717) is 76.1 Å². The zero-order valence-corrected chi connectivity index (χ0v) is 70.5. The minimum absolute atomic E-state index is 0. The first-order valence-corrected chi connectivity index (χ1v) is 31.3. The molecule has 6 N–H and O–H groups in total. The van der Waals surface area contributed by atoms with Gasteiger partial charge < -0.3 is 72.2 Å². The monoisotopic (exact) mass is 1620 g/mol. The van der Waals surface area contributed by atoms with Gasteiger partial charge in [-0.05, 0) is 176 Å². The molecule has 4 fully saturated rings. The number of hydrogen-bond acceptors (Lipinski definition) is 23. The van der Waals surface area contributed by atoms with Crippen LogP contribution in [-0.2, 0) is 41.7 Å². The Bertz CT molecular complexity index is 2910. The number of nitrogens with one attached hydrogen (secondary N) is 3. The summed E-state index contributed by atoms with van der Waals surface area (Å²) in [7, 11) is 9.91. The van der Waals surface area contributed by atoms with Crippen molar-refractivity contribution in [1.29, 1.82) is 0 Å². The number of pyridine rings is 4. The van der Waals surface area contributed by atoms with Gasteiger partial charge in [-0.3, -0.25) is 14.4 Å². The second-order valence-corrected chi connectivity index (χ2v) is 23.2. The SMILES string of the molecule is CCOC(=O)c1cnc(Cl)cc1Cl.CCOC(=O)c1cnc(Cl)cc1NC1CCN(C)CC1.CN1CCC(N)CC1.CN1CCC(Nc2cc(Cl)ncc2C=O)CC1.CN1CCC(Nc2cc(Cl)ncc2CO)CC1.COC(=O)Cc1ccccc1.O=CO[O-].[Cs+].[Cs+].[H-]. The summed E-state index contributed by atoms with van der Waals surface area (Å²) < 4.78 is 14.3. The Morgan fingerprint density at radius 1 is 0.609 bits per heavy atom. The zero-order valence-electron chi connectivity index (χ0n) is 55.2. The van der Waals surface area contributed by atoms with E-state index in [2.05, 4.69) is 93.3 Å². The van der Waals surface area contributed by atoms with Crippen LogP contribution in [0.1, 0.15) is 109 Å². The topological polar surface area (TPSA) is 292 Å². The maximum atomic E-state index is 11.9. The molecule has 0 aliphatic carbocycles. The fourth-order valence-electron chi connectivity index (χ4n) is 9.05. The fraction of sp³-hybridized carbons (Fsp3) is 0.500. The molecule has 4 saturated heterocycles. The van der Waals surface area contributed by atoms with Crippen molar-refractivity contribution in [1.82, 2.24) is 39.5 Å². The van der Waals surface area contributed by atoms with Gasteiger partial charge in [-0.2, -0.15) is 0 Å². The van der Waals surface area contributed by atoms with Crippen molar-refractivity contribution in [3.63, 3.8) is 0 Å². The third-order valence-electron chi connectivity index (χ3n) is 14.3. The van der Waals surface area contributed by atoms with E-state index in [9.17, 15) is 24.3 Å². The van der Waals surface area contributed by atoms with Crippen molar-refractivity contribution in [3.05, 3.63) is 133 Å². The molecule has 0 saturated carbocycles. The van der Waals surface area contributed by atoms with Crippen molar-refractivity contribution >= 4 is 106 Å². The molecule has 1 aromatic carbocycles. The minimum Gasteiger partial charge on any atom is -1.00 e. The summed E-state index contributed by atoms with van der Waals surface area (Å²) in [6.07, 6.45) is 15.9. The van der Waals surface area contributed by atoms with Gasteiger partial charge in [0.25, 0.3) is 6.47 Å². The molecule has 4 aliphatic rings. The van der Waals surface area contributed by atoms with Gasteiger partial charge in [-0.1, -0.05) is 88.3 Å². The number of aldehydes is 1. The van der Waals surface area contributed by atoms with Crippen molar-refractivity contribution < 1.29 is 193 Å². The normalized spacial score (nSPS) is 15.4. The summed E-state index contributed by atoms with van der Waals surface area (Å²) >= 11 is 28.9. The summed E-state index contributed by atoms with van der Waals surface area (Å²) in [5.74, 6) is -1.06. The molecule has 0 bridgehead atoms. The number of methoxy groups -OCH3 is 1. The Balaban J connectivity index is 0.00000109. The maximum absolute atomic E-state index is 11.9. The summed E-state index contributed by atoms with van der Waals surface area (Å²) in [4.78, 5) is 80.8. The van der Waals surface area contributed by atoms with Crippen LogP contribution in [0.15, 0.2) is 79.4 Å². The van der Waals surface area contributed by atoms with E-state index in [1.165, 1.54) is 57.7 Å². The van der Waals surface area contributed by atoms with E-state index < -0.39 is 5.97 Å².